The van der Waals surface area contributed by atoms with Crippen LogP contribution in [0.5, 0.6) is 0 Å². The molecule has 2 aromatic carbocycles. The molecular formula is C27H44N4. The highest BCUT2D eigenvalue weighted by atomic mass is 15.1. The number of benzene rings is 2. The van der Waals surface area contributed by atoms with Crippen LogP contribution in [0.25, 0.3) is 0 Å². The van der Waals surface area contributed by atoms with Crippen LogP contribution in [0, 0.1) is 13.8 Å². The molecule has 0 bridgehead atoms. The molecule has 0 N–H and O–H groups in total. The van der Waals surface area contributed by atoms with Gasteiger partial charge in [0.05, 0.1) is 0 Å². The van der Waals surface area contributed by atoms with Crippen molar-refractivity contribution in [1.29, 1.82) is 0 Å². The summed E-state index contributed by atoms with van der Waals surface area (Å²) in [4.78, 5) is 8.95. The van der Waals surface area contributed by atoms with Gasteiger partial charge in [0, 0.05) is 79.1 Å². The average Bonchev–Trinajstić information content (AvgIpc) is 2.68. The summed E-state index contributed by atoms with van der Waals surface area (Å²) in [5, 5.41) is 0. The van der Waals surface area contributed by atoms with Crippen molar-refractivity contribution < 1.29 is 0 Å². The molecule has 2 aromatic rings. The molecule has 0 saturated heterocycles. The van der Waals surface area contributed by atoms with Crippen molar-refractivity contribution in [3.05, 3.63) is 46.5 Å². The number of aryl methyl sites for hydroxylation is 4. The third-order valence-corrected chi connectivity index (χ3v) is 6.11. The monoisotopic (exact) mass is 424 g/mol. The van der Waals surface area contributed by atoms with Crippen molar-refractivity contribution in [2.75, 3.05) is 76.0 Å². The Kier molecular flexibility index (Phi) is 8.67. The van der Waals surface area contributed by atoms with Crippen molar-refractivity contribution >= 4 is 22.7 Å². The lowest BCUT2D eigenvalue weighted by molar-refractivity contribution is 0.677. The maximum atomic E-state index is 2.39. The van der Waals surface area contributed by atoms with Gasteiger partial charge in [0.25, 0.3) is 0 Å². The van der Waals surface area contributed by atoms with Crippen LogP contribution < -0.4 is 19.6 Å². The summed E-state index contributed by atoms with van der Waals surface area (Å²) in [7, 11) is 17.1. The topological polar surface area (TPSA) is 13.0 Å². The molecule has 0 fully saturated rings. The Bertz CT molecular complexity index is 795. The van der Waals surface area contributed by atoms with E-state index < -0.39 is 0 Å². The normalized spacial score (nSPS) is 10.9. The molecule has 0 aliphatic rings. The highest BCUT2D eigenvalue weighted by molar-refractivity contribution is 5.66. The molecular weight excluding hydrogens is 380 g/mol. The van der Waals surface area contributed by atoms with E-state index in [0.29, 0.717) is 0 Å². The number of rotatable bonds is 10. The van der Waals surface area contributed by atoms with E-state index in [1.54, 1.807) is 0 Å². The van der Waals surface area contributed by atoms with Crippen LogP contribution in [0.3, 0.4) is 0 Å². The van der Waals surface area contributed by atoms with Crippen molar-refractivity contribution in [1.82, 2.24) is 0 Å². The van der Waals surface area contributed by atoms with Gasteiger partial charge in [-0.2, -0.15) is 0 Å². The first-order valence-corrected chi connectivity index (χ1v) is 11.5. The third kappa shape index (κ3) is 6.32. The summed E-state index contributed by atoms with van der Waals surface area (Å²) >= 11 is 0. The predicted octanol–water partition coefficient (Wildman–Crippen LogP) is 5.52. The minimum atomic E-state index is 1.13. The van der Waals surface area contributed by atoms with E-state index in [-0.39, 0.29) is 0 Å². The molecule has 0 aliphatic heterocycles. The Morgan fingerprint density at radius 1 is 0.452 bits per heavy atom. The van der Waals surface area contributed by atoms with Gasteiger partial charge in [-0.25, -0.2) is 0 Å². The summed E-state index contributed by atoms with van der Waals surface area (Å²) in [5.41, 5.74) is 10.9. The van der Waals surface area contributed by atoms with Crippen molar-refractivity contribution in [2.24, 2.45) is 0 Å². The van der Waals surface area contributed by atoms with Gasteiger partial charge < -0.3 is 19.6 Å². The van der Waals surface area contributed by atoms with Crippen LogP contribution in [-0.2, 0) is 12.8 Å². The molecule has 0 radical (unpaired) electrons. The molecule has 31 heavy (non-hydrogen) atoms. The number of hydrogen-bond donors (Lipinski definition) is 0. The fourth-order valence-electron chi connectivity index (χ4n) is 4.45. The highest BCUT2D eigenvalue weighted by Crippen LogP contribution is 2.31. The fraction of sp³-hybridized carbons (Fsp3) is 0.556. The first-order valence-electron chi connectivity index (χ1n) is 11.5. The number of anilines is 4. The first kappa shape index (κ1) is 24.9. The van der Waals surface area contributed by atoms with Gasteiger partial charge in [-0.3, -0.25) is 0 Å². The van der Waals surface area contributed by atoms with E-state index in [2.05, 4.69) is 114 Å². The lowest BCUT2D eigenvalue weighted by Crippen LogP contribution is -2.15. The maximum Gasteiger partial charge on any atom is 0.0397 e. The Labute approximate surface area is 191 Å². The Morgan fingerprint density at radius 3 is 1.06 bits per heavy atom. The van der Waals surface area contributed by atoms with Gasteiger partial charge in [0.2, 0.25) is 0 Å². The lowest BCUT2D eigenvalue weighted by atomic mass is 9.98. The summed E-state index contributed by atoms with van der Waals surface area (Å²) in [5.74, 6) is 0. The predicted molar refractivity (Wildman–Crippen MR) is 141 cm³/mol. The standard InChI is InChI=1S/C27H44N4/c1-20-16-26(30(7)8)22(18-24(20)28(3)4)14-12-11-13-15-23-19-25(29(5)6)21(2)17-27(23)31(9)10/h16-19H,11-15H2,1-10H3. The zero-order chi connectivity index (χ0) is 23.3. The van der Waals surface area contributed by atoms with Crippen LogP contribution in [-0.4, -0.2) is 56.4 Å². The zero-order valence-electron chi connectivity index (χ0n) is 21.6. The van der Waals surface area contributed by atoms with E-state index in [4.69, 9.17) is 0 Å². The second-order valence-corrected chi connectivity index (χ2v) is 9.67. The molecule has 0 heterocycles. The molecule has 0 saturated carbocycles. The number of nitrogens with zero attached hydrogens (tertiary/aromatic N) is 4. The van der Waals surface area contributed by atoms with Crippen LogP contribution in [0.4, 0.5) is 22.7 Å². The van der Waals surface area contributed by atoms with E-state index in [1.165, 1.54) is 64.3 Å². The van der Waals surface area contributed by atoms with E-state index in [9.17, 15) is 0 Å². The first-order chi connectivity index (χ1) is 14.5. The maximum absolute atomic E-state index is 2.39. The van der Waals surface area contributed by atoms with E-state index >= 15 is 0 Å². The van der Waals surface area contributed by atoms with Crippen LogP contribution in [0.15, 0.2) is 24.3 Å². The molecule has 4 heteroatoms. The van der Waals surface area contributed by atoms with E-state index in [1.807, 2.05) is 0 Å². The van der Waals surface area contributed by atoms with Gasteiger partial charge in [-0.05, 0) is 86.1 Å². The second-order valence-electron chi connectivity index (χ2n) is 9.67. The van der Waals surface area contributed by atoms with Gasteiger partial charge >= 0.3 is 0 Å². The SMILES string of the molecule is Cc1cc(N(C)C)c(CCCCCc2cc(N(C)C)c(C)cc2N(C)C)cc1N(C)C. The lowest BCUT2D eigenvalue weighted by Gasteiger charge is -2.24. The minimum absolute atomic E-state index is 1.13. The molecule has 0 atom stereocenters. The Morgan fingerprint density at radius 2 is 0.774 bits per heavy atom. The number of hydrogen-bond acceptors (Lipinski definition) is 4. The fourth-order valence-corrected chi connectivity index (χ4v) is 4.45. The molecule has 0 aliphatic carbocycles. The van der Waals surface area contributed by atoms with Crippen LogP contribution in [0.2, 0.25) is 0 Å². The molecule has 172 valence electrons. The quantitative estimate of drug-likeness (QED) is 0.465. The van der Waals surface area contributed by atoms with Gasteiger partial charge in [0.1, 0.15) is 0 Å². The van der Waals surface area contributed by atoms with Crippen LogP contribution >= 0.6 is 0 Å². The molecule has 0 unspecified atom stereocenters. The van der Waals surface area contributed by atoms with Crippen LogP contribution in [0.1, 0.15) is 41.5 Å². The summed E-state index contributed by atoms with van der Waals surface area (Å²) in [6.07, 6.45) is 5.95. The summed E-state index contributed by atoms with van der Waals surface area (Å²) < 4.78 is 0. The highest BCUT2D eigenvalue weighted by Gasteiger charge is 2.12. The zero-order valence-corrected chi connectivity index (χ0v) is 21.6. The molecule has 2 rings (SSSR count). The minimum Gasteiger partial charge on any atom is -0.377 e. The molecule has 0 aromatic heterocycles. The molecule has 4 nitrogen and oxygen atoms in total. The smallest absolute Gasteiger partial charge is 0.0397 e. The van der Waals surface area contributed by atoms with Gasteiger partial charge in [0.15, 0.2) is 0 Å². The molecule has 0 amide bonds. The second kappa shape index (κ2) is 10.8. The van der Waals surface area contributed by atoms with Crippen molar-refractivity contribution in [2.45, 2.75) is 46.0 Å². The van der Waals surface area contributed by atoms with Gasteiger partial charge in [-0.1, -0.05) is 6.42 Å². The third-order valence-electron chi connectivity index (χ3n) is 6.11. The Balaban J connectivity index is 2.06. The van der Waals surface area contributed by atoms with Gasteiger partial charge in [-0.15, -0.1) is 0 Å². The van der Waals surface area contributed by atoms with Crippen molar-refractivity contribution in [3.63, 3.8) is 0 Å². The summed E-state index contributed by atoms with van der Waals surface area (Å²) in [6.45, 7) is 4.41. The molecule has 0 spiro atoms. The van der Waals surface area contributed by atoms with E-state index in [0.717, 1.165) is 12.8 Å². The largest absolute Gasteiger partial charge is 0.377 e. The average molecular weight is 425 g/mol. The number of unbranched alkanes of at least 4 members (excludes halogenated alkanes) is 2. The van der Waals surface area contributed by atoms with Crippen molar-refractivity contribution in [3.8, 4) is 0 Å². The Hall–Kier alpha value is -2.36. The summed E-state index contributed by atoms with van der Waals surface area (Å²) in [6, 6.07) is 9.45.